The van der Waals surface area contributed by atoms with Gasteiger partial charge in [0.1, 0.15) is 0 Å². The third-order valence-electron chi connectivity index (χ3n) is 5.37. The number of rotatable bonds is 4. The van der Waals surface area contributed by atoms with Gasteiger partial charge in [-0.05, 0) is 46.0 Å². The molecular formula is C16H29N3O. The number of likely N-dealkylation sites (tertiary alicyclic amines) is 1. The van der Waals surface area contributed by atoms with Gasteiger partial charge in [0, 0.05) is 44.3 Å². The first kappa shape index (κ1) is 14.3. The number of nitrogens with zero attached hydrogens (tertiary/aromatic N) is 3. The molecule has 1 saturated carbocycles. The number of hydrogen-bond acceptors (Lipinski definition) is 3. The molecule has 3 rings (SSSR count). The van der Waals surface area contributed by atoms with Gasteiger partial charge in [0.25, 0.3) is 0 Å². The van der Waals surface area contributed by atoms with Gasteiger partial charge in [0.05, 0.1) is 6.54 Å². The molecule has 0 aromatic carbocycles. The number of carbonyl (C=O) groups is 1. The quantitative estimate of drug-likeness (QED) is 0.781. The maximum Gasteiger partial charge on any atom is 0.236 e. The molecule has 3 fully saturated rings. The highest BCUT2D eigenvalue weighted by Crippen LogP contribution is 2.32. The van der Waals surface area contributed by atoms with Crippen LogP contribution in [-0.2, 0) is 4.79 Å². The van der Waals surface area contributed by atoms with Crippen LogP contribution >= 0.6 is 0 Å². The predicted octanol–water partition coefficient (Wildman–Crippen LogP) is 1.55. The van der Waals surface area contributed by atoms with Crippen LogP contribution in [0.1, 0.15) is 46.0 Å². The second-order valence-electron chi connectivity index (χ2n) is 7.19. The molecule has 4 heteroatoms. The van der Waals surface area contributed by atoms with Crippen molar-refractivity contribution in [2.45, 2.75) is 70.1 Å². The molecule has 2 bridgehead atoms. The van der Waals surface area contributed by atoms with E-state index in [-0.39, 0.29) is 0 Å². The van der Waals surface area contributed by atoms with E-state index in [9.17, 15) is 4.79 Å². The van der Waals surface area contributed by atoms with E-state index in [4.69, 9.17) is 0 Å². The molecule has 4 nitrogen and oxygen atoms in total. The van der Waals surface area contributed by atoms with E-state index in [2.05, 4.69) is 23.6 Å². The molecule has 2 unspecified atom stereocenters. The molecule has 2 saturated heterocycles. The fourth-order valence-corrected chi connectivity index (χ4v) is 4.14. The van der Waals surface area contributed by atoms with Crippen LogP contribution < -0.4 is 0 Å². The number of hydrogen-bond donors (Lipinski definition) is 0. The first-order chi connectivity index (χ1) is 9.56. The zero-order chi connectivity index (χ0) is 14.3. The second-order valence-corrected chi connectivity index (χ2v) is 7.19. The second kappa shape index (κ2) is 5.64. The fraction of sp³-hybridized carbons (Fsp3) is 0.938. The van der Waals surface area contributed by atoms with E-state index in [0.29, 0.717) is 30.6 Å². The highest BCUT2D eigenvalue weighted by Gasteiger charge is 2.39. The van der Waals surface area contributed by atoms with E-state index in [1.54, 1.807) is 0 Å². The summed E-state index contributed by atoms with van der Waals surface area (Å²) in [5.41, 5.74) is 0. The summed E-state index contributed by atoms with van der Waals surface area (Å²) in [4.78, 5) is 19.4. The maximum absolute atomic E-state index is 12.3. The van der Waals surface area contributed by atoms with Gasteiger partial charge in [-0.2, -0.15) is 0 Å². The Morgan fingerprint density at radius 2 is 1.85 bits per heavy atom. The monoisotopic (exact) mass is 279 g/mol. The third-order valence-corrected chi connectivity index (χ3v) is 5.37. The van der Waals surface area contributed by atoms with Crippen molar-refractivity contribution in [3.05, 3.63) is 0 Å². The normalized spacial score (nSPS) is 31.6. The molecule has 2 heterocycles. The van der Waals surface area contributed by atoms with Gasteiger partial charge in [-0.1, -0.05) is 0 Å². The lowest BCUT2D eigenvalue weighted by Gasteiger charge is -2.32. The highest BCUT2D eigenvalue weighted by molar-refractivity contribution is 5.78. The van der Waals surface area contributed by atoms with Crippen LogP contribution in [-0.4, -0.2) is 71.5 Å². The smallest absolute Gasteiger partial charge is 0.236 e. The van der Waals surface area contributed by atoms with Crippen LogP contribution in [0.5, 0.6) is 0 Å². The molecule has 0 spiro atoms. The molecule has 0 radical (unpaired) electrons. The minimum absolute atomic E-state index is 0.321. The zero-order valence-electron chi connectivity index (χ0n) is 13.2. The van der Waals surface area contributed by atoms with Crippen molar-refractivity contribution < 1.29 is 4.79 Å². The van der Waals surface area contributed by atoms with Crippen molar-refractivity contribution in [3.8, 4) is 0 Å². The lowest BCUT2D eigenvalue weighted by Crippen LogP contribution is -2.45. The van der Waals surface area contributed by atoms with Crippen molar-refractivity contribution in [3.63, 3.8) is 0 Å². The molecule has 20 heavy (non-hydrogen) atoms. The van der Waals surface area contributed by atoms with Crippen molar-refractivity contribution in [1.82, 2.24) is 14.7 Å². The minimum atomic E-state index is 0.321. The van der Waals surface area contributed by atoms with Crippen LogP contribution in [0.4, 0.5) is 0 Å². The first-order valence-electron chi connectivity index (χ1n) is 8.31. The van der Waals surface area contributed by atoms with E-state index in [1.165, 1.54) is 32.1 Å². The fourth-order valence-electron chi connectivity index (χ4n) is 4.14. The van der Waals surface area contributed by atoms with E-state index < -0.39 is 0 Å². The molecule has 1 amide bonds. The topological polar surface area (TPSA) is 26.8 Å². The standard InChI is InChI=1S/C16H29N3O/c1-12(2)19-14-6-7-15(19)10-18(9-8-14)11-16(20)17(3)13-4-5-13/h12-15H,4-11H2,1-3H3. The molecule has 2 aliphatic heterocycles. The molecule has 0 aromatic rings. The van der Waals surface area contributed by atoms with E-state index in [1.807, 2.05) is 11.9 Å². The van der Waals surface area contributed by atoms with Crippen LogP contribution in [0.3, 0.4) is 0 Å². The van der Waals surface area contributed by atoms with Gasteiger partial charge in [0.2, 0.25) is 5.91 Å². The van der Waals surface area contributed by atoms with Crippen LogP contribution in [0.25, 0.3) is 0 Å². The summed E-state index contributed by atoms with van der Waals surface area (Å²) in [6, 6.07) is 2.60. The summed E-state index contributed by atoms with van der Waals surface area (Å²) in [6.07, 6.45) is 6.30. The van der Waals surface area contributed by atoms with Gasteiger partial charge in [0.15, 0.2) is 0 Å². The Morgan fingerprint density at radius 1 is 1.15 bits per heavy atom. The van der Waals surface area contributed by atoms with Crippen LogP contribution in [0, 0.1) is 0 Å². The summed E-state index contributed by atoms with van der Waals surface area (Å²) < 4.78 is 0. The van der Waals surface area contributed by atoms with Crippen molar-refractivity contribution in [1.29, 1.82) is 0 Å². The predicted molar refractivity (Wildman–Crippen MR) is 80.6 cm³/mol. The van der Waals surface area contributed by atoms with Crippen molar-refractivity contribution in [2.75, 3.05) is 26.7 Å². The summed E-state index contributed by atoms with van der Waals surface area (Å²) in [7, 11) is 1.98. The Labute approximate surface area is 123 Å². The zero-order valence-corrected chi connectivity index (χ0v) is 13.2. The summed E-state index contributed by atoms with van der Waals surface area (Å²) >= 11 is 0. The van der Waals surface area contributed by atoms with Crippen LogP contribution in [0.2, 0.25) is 0 Å². The summed E-state index contributed by atoms with van der Waals surface area (Å²) in [6.45, 7) is 7.43. The lowest BCUT2D eigenvalue weighted by molar-refractivity contribution is -0.131. The number of fused-ring (bicyclic) bond motifs is 2. The maximum atomic E-state index is 12.3. The Balaban J connectivity index is 1.58. The molecule has 114 valence electrons. The molecule has 0 N–H and O–H groups in total. The SMILES string of the molecule is CC(C)N1C2CCC1CN(CC(=O)N(C)C1CC1)CC2. The van der Waals surface area contributed by atoms with Gasteiger partial charge < -0.3 is 4.90 Å². The Morgan fingerprint density at radius 3 is 2.50 bits per heavy atom. The minimum Gasteiger partial charge on any atom is -0.342 e. The van der Waals surface area contributed by atoms with Crippen molar-refractivity contribution in [2.24, 2.45) is 0 Å². The Hall–Kier alpha value is -0.610. The number of amides is 1. The van der Waals surface area contributed by atoms with Gasteiger partial charge in [-0.25, -0.2) is 0 Å². The number of carbonyl (C=O) groups excluding carboxylic acids is 1. The van der Waals surface area contributed by atoms with Gasteiger partial charge in [-0.15, -0.1) is 0 Å². The molecule has 3 aliphatic rings. The van der Waals surface area contributed by atoms with Crippen LogP contribution in [0.15, 0.2) is 0 Å². The molecule has 0 aromatic heterocycles. The highest BCUT2D eigenvalue weighted by atomic mass is 16.2. The lowest BCUT2D eigenvalue weighted by atomic mass is 10.1. The van der Waals surface area contributed by atoms with Gasteiger partial charge >= 0.3 is 0 Å². The van der Waals surface area contributed by atoms with E-state index >= 15 is 0 Å². The molecule has 1 aliphatic carbocycles. The number of likely N-dealkylation sites (N-methyl/N-ethyl adjacent to an activating group) is 1. The Kier molecular flexibility index (Phi) is 4.04. The molecular weight excluding hydrogens is 250 g/mol. The average Bonchev–Trinajstić information content (AvgIpc) is 3.16. The third kappa shape index (κ3) is 2.86. The average molecular weight is 279 g/mol. The largest absolute Gasteiger partial charge is 0.342 e. The van der Waals surface area contributed by atoms with Crippen molar-refractivity contribution >= 4 is 5.91 Å². The van der Waals surface area contributed by atoms with E-state index in [0.717, 1.165) is 19.1 Å². The summed E-state index contributed by atoms with van der Waals surface area (Å²) in [5, 5.41) is 0. The molecule has 2 atom stereocenters. The Bertz CT molecular complexity index is 367. The van der Waals surface area contributed by atoms with Gasteiger partial charge in [-0.3, -0.25) is 14.6 Å². The summed E-state index contributed by atoms with van der Waals surface area (Å²) in [5.74, 6) is 0.321. The first-order valence-corrected chi connectivity index (χ1v) is 8.31.